The van der Waals surface area contributed by atoms with Crippen LogP contribution in [-0.2, 0) is 6.61 Å². The summed E-state index contributed by atoms with van der Waals surface area (Å²) in [6, 6.07) is 11.3. The van der Waals surface area contributed by atoms with Gasteiger partial charge in [0.15, 0.2) is 11.5 Å². The van der Waals surface area contributed by atoms with Crippen molar-refractivity contribution in [3.05, 3.63) is 53.8 Å². The molecular weight excluding hydrogens is 275 g/mol. The molecule has 112 valence electrons. The highest BCUT2D eigenvalue weighted by Crippen LogP contribution is 2.25. The number of aliphatic hydroxyl groups is 1. The second-order valence-electron chi connectivity index (χ2n) is 4.26. The third-order valence-corrected chi connectivity index (χ3v) is 2.86. The molecule has 2 aromatic rings. The Bertz CT molecular complexity index is 586. The number of methoxy groups -OCH3 is 1. The molecule has 0 bridgehead atoms. The number of hydrogen-bond acceptors (Lipinski definition) is 4. The van der Waals surface area contributed by atoms with E-state index in [0.29, 0.717) is 29.4 Å². The summed E-state index contributed by atoms with van der Waals surface area (Å²) >= 11 is 0. The topological polar surface area (TPSA) is 47.9 Å². The fourth-order valence-corrected chi connectivity index (χ4v) is 1.85. The minimum Gasteiger partial charge on any atom is -0.493 e. The molecule has 0 saturated carbocycles. The van der Waals surface area contributed by atoms with Gasteiger partial charge in [0, 0.05) is 5.56 Å². The first-order valence-electron chi connectivity index (χ1n) is 6.52. The van der Waals surface area contributed by atoms with Crippen LogP contribution in [0.4, 0.5) is 4.39 Å². The van der Waals surface area contributed by atoms with Crippen LogP contribution in [0.5, 0.6) is 17.2 Å². The molecule has 5 heteroatoms. The Balaban J connectivity index is 1.87. The molecular formula is C16H17FO4. The number of hydrogen-bond donors (Lipinski definition) is 1. The maximum atomic E-state index is 13.0. The van der Waals surface area contributed by atoms with Gasteiger partial charge in [-0.25, -0.2) is 4.39 Å². The van der Waals surface area contributed by atoms with Crippen LogP contribution in [0, 0.1) is 5.82 Å². The van der Waals surface area contributed by atoms with Crippen LogP contribution in [0.15, 0.2) is 42.5 Å². The second-order valence-corrected chi connectivity index (χ2v) is 4.26. The van der Waals surface area contributed by atoms with E-state index in [0.717, 1.165) is 0 Å². The van der Waals surface area contributed by atoms with Crippen LogP contribution < -0.4 is 14.2 Å². The molecule has 0 unspecified atom stereocenters. The van der Waals surface area contributed by atoms with Gasteiger partial charge in [-0.3, -0.25) is 0 Å². The molecule has 0 aliphatic heterocycles. The van der Waals surface area contributed by atoms with Gasteiger partial charge in [-0.15, -0.1) is 0 Å². The summed E-state index contributed by atoms with van der Waals surface area (Å²) in [6.07, 6.45) is 0. The normalized spacial score (nSPS) is 10.2. The van der Waals surface area contributed by atoms with Crippen LogP contribution >= 0.6 is 0 Å². The fraction of sp³-hybridized carbons (Fsp3) is 0.250. The van der Waals surface area contributed by atoms with Crippen molar-refractivity contribution in [1.82, 2.24) is 0 Å². The molecule has 0 radical (unpaired) electrons. The lowest BCUT2D eigenvalue weighted by atomic mass is 10.2. The zero-order valence-corrected chi connectivity index (χ0v) is 11.7. The fourth-order valence-electron chi connectivity index (χ4n) is 1.85. The first-order valence-corrected chi connectivity index (χ1v) is 6.52. The lowest BCUT2D eigenvalue weighted by Crippen LogP contribution is -2.10. The van der Waals surface area contributed by atoms with Crippen molar-refractivity contribution in [1.29, 1.82) is 0 Å². The van der Waals surface area contributed by atoms with Gasteiger partial charge in [-0.05, 0) is 30.3 Å². The first kappa shape index (κ1) is 15.1. The Morgan fingerprint density at radius 2 is 1.62 bits per heavy atom. The molecule has 0 fully saturated rings. The largest absolute Gasteiger partial charge is 0.493 e. The van der Waals surface area contributed by atoms with Crippen molar-refractivity contribution in [2.75, 3.05) is 20.3 Å². The van der Waals surface area contributed by atoms with Gasteiger partial charge in [-0.1, -0.05) is 12.1 Å². The number of aliphatic hydroxyl groups excluding tert-OH is 1. The van der Waals surface area contributed by atoms with Crippen LogP contribution in [0.1, 0.15) is 5.56 Å². The molecule has 0 atom stereocenters. The van der Waals surface area contributed by atoms with Gasteiger partial charge in [0.05, 0.1) is 13.7 Å². The SMILES string of the molecule is COc1ccccc1OCCOc1ccc(F)cc1CO. The van der Waals surface area contributed by atoms with Crippen molar-refractivity contribution >= 4 is 0 Å². The number of para-hydroxylation sites is 2. The third-order valence-electron chi connectivity index (χ3n) is 2.86. The predicted molar refractivity (Wildman–Crippen MR) is 76.3 cm³/mol. The molecule has 2 aromatic carbocycles. The molecule has 0 saturated heterocycles. The Hall–Kier alpha value is -2.27. The summed E-state index contributed by atoms with van der Waals surface area (Å²) in [4.78, 5) is 0. The summed E-state index contributed by atoms with van der Waals surface area (Å²) in [5, 5.41) is 9.15. The smallest absolute Gasteiger partial charge is 0.161 e. The molecule has 1 N–H and O–H groups in total. The average Bonchev–Trinajstić information content (AvgIpc) is 2.52. The highest BCUT2D eigenvalue weighted by atomic mass is 19.1. The standard InChI is InChI=1S/C16H17FO4/c1-19-15-4-2-3-5-16(15)21-9-8-20-14-7-6-13(17)10-12(14)11-18/h2-7,10,18H,8-9,11H2,1H3. The Morgan fingerprint density at radius 3 is 2.29 bits per heavy atom. The van der Waals surface area contributed by atoms with Gasteiger partial charge >= 0.3 is 0 Å². The molecule has 4 nitrogen and oxygen atoms in total. The van der Waals surface area contributed by atoms with E-state index in [1.165, 1.54) is 18.2 Å². The zero-order valence-electron chi connectivity index (χ0n) is 11.7. The monoisotopic (exact) mass is 292 g/mol. The van der Waals surface area contributed by atoms with Crippen molar-refractivity contribution in [3.8, 4) is 17.2 Å². The number of benzene rings is 2. The molecule has 0 heterocycles. The second kappa shape index (κ2) is 7.50. The van der Waals surface area contributed by atoms with E-state index in [4.69, 9.17) is 19.3 Å². The Kier molecular flexibility index (Phi) is 5.40. The molecule has 0 aliphatic rings. The summed E-state index contributed by atoms with van der Waals surface area (Å²) in [5.41, 5.74) is 0.410. The molecule has 0 aliphatic carbocycles. The van der Waals surface area contributed by atoms with Crippen LogP contribution in [0.3, 0.4) is 0 Å². The quantitative estimate of drug-likeness (QED) is 0.797. The minimum atomic E-state index is -0.406. The van der Waals surface area contributed by atoms with Crippen molar-refractivity contribution < 1.29 is 23.7 Å². The van der Waals surface area contributed by atoms with Crippen molar-refractivity contribution in [2.45, 2.75) is 6.61 Å². The van der Waals surface area contributed by atoms with Gasteiger partial charge in [0.25, 0.3) is 0 Å². The summed E-state index contributed by atoms with van der Waals surface area (Å²) in [7, 11) is 1.57. The van der Waals surface area contributed by atoms with Gasteiger partial charge in [-0.2, -0.15) is 0 Å². The van der Waals surface area contributed by atoms with E-state index in [1.54, 1.807) is 19.2 Å². The van der Waals surface area contributed by atoms with Crippen LogP contribution in [0.2, 0.25) is 0 Å². The van der Waals surface area contributed by atoms with Gasteiger partial charge < -0.3 is 19.3 Å². The Labute approximate surface area is 122 Å². The number of halogens is 1. The van der Waals surface area contributed by atoms with E-state index in [-0.39, 0.29) is 13.2 Å². The van der Waals surface area contributed by atoms with Gasteiger partial charge in [0.1, 0.15) is 24.8 Å². The van der Waals surface area contributed by atoms with Crippen molar-refractivity contribution in [3.63, 3.8) is 0 Å². The highest BCUT2D eigenvalue weighted by molar-refractivity contribution is 5.39. The lowest BCUT2D eigenvalue weighted by molar-refractivity contribution is 0.205. The number of ether oxygens (including phenoxy) is 3. The van der Waals surface area contributed by atoms with E-state index in [9.17, 15) is 4.39 Å². The summed E-state index contributed by atoms with van der Waals surface area (Å²) in [5.74, 6) is 1.32. The van der Waals surface area contributed by atoms with Gasteiger partial charge in [0.2, 0.25) is 0 Å². The van der Waals surface area contributed by atoms with Crippen LogP contribution in [0.25, 0.3) is 0 Å². The molecule has 0 amide bonds. The third kappa shape index (κ3) is 4.10. The van der Waals surface area contributed by atoms with E-state index >= 15 is 0 Å². The number of rotatable bonds is 7. The summed E-state index contributed by atoms with van der Waals surface area (Å²) in [6.45, 7) is 0.305. The molecule has 0 aromatic heterocycles. The van der Waals surface area contributed by atoms with Crippen LogP contribution in [-0.4, -0.2) is 25.4 Å². The predicted octanol–water partition coefficient (Wildman–Crippen LogP) is 2.78. The first-order chi connectivity index (χ1) is 10.2. The minimum absolute atomic E-state index is 0.274. The zero-order chi connectivity index (χ0) is 15.1. The molecule has 21 heavy (non-hydrogen) atoms. The maximum Gasteiger partial charge on any atom is 0.161 e. The van der Waals surface area contributed by atoms with Crippen molar-refractivity contribution in [2.24, 2.45) is 0 Å². The molecule has 2 rings (SSSR count). The highest BCUT2D eigenvalue weighted by Gasteiger charge is 2.06. The summed E-state index contributed by atoms with van der Waals surface area (Å²) < 4.78 is 29.2. The lowest BCUT2D eigenvalue weighted by Gasteiger charge is -2.12. The maximum absolute atomic E-state index is 13.0. The van der Waals surface area contributed by atoms with E-state index in [2.05, 4.69) is 0 Å². The van der Waals surface area contributed by atoms with E-state index < -0.39 is 5.82 Å². The average molecular weight is 292 g/mol. The molecule has 0 spiro atoms. The Morgan fingerprint density at radius 1 is 0.952 bits per heavy atom. The van der Waals surface area contributed by atoms with E-state index in [1.807, 2.05) is 12.1 Å².